The number of ether oxygens (including phenoxy) is 2. The third-order valence-electron chi connectivity index (χ3n) is 5.21. The molecule has 2 aromatic rings. The average molecular weight is 438 g/mol. The van der Waals surface area contributed by atoms with Gasteiger partial charge in [0.05, 0.1) is 0 Å². The van der Waals surface area contributed by atoms with E-state index in [4.69, 9.17) is 9.47 Å². The fraction of sp³-hybridized carbons (Fsp3) is 0.292. The van der Waals surface area contributed by atoms with Crippen molar-refractivity contribution in [1.82, 2.24) is 10.6 Å². The maximum Gasteiger partial charge on any atom is 0.408 e. The van der Waals surface area contributed by atoms with E-state index in [1.54, 1.807) is 0 Å². The number of benzene rings is 2. The third kappa shape index (κ3) is 5.66. The van der Waals surface area contributed by atoms with Crippen molar-refractivity contribution in [2.45, 2.75) is 24.8 Å². The first-order valence-electron chi connectivity index (χ1n) is 10.4. The van der Waals surface area contributed by atoms with E-state index < -0.39 is 24.2 Å². The molecule has 0 radical (unpaired) electrons. The summed E-state index contributed by atoms with van der Waals surface area (Å²) in [4.78, 5) is 34.9. The molecule has 32 heavy (non-hydrogen) atoms. The summed E-state index contributed by atoms with van der Waals surface area (Å²) in [5, 5.41) is 14.1. The molecule has 0 aromatic heterocycles. The van der Waals surface area contributed by atoms with E-state index in [0.717, 1.165) is 22.3 Å². The van der Waals surface area contributed by atoms with Crippen molar-refractivity contribution in [2.75, 3.05) is 19.8 Å². The monoisotopic (exact) mass is 438 g/mol. The van der Waals surface area contributed by atoms with Crippen molar-refractivity contribution in [3.05, 3.63) is 72.3 Å². The van der Waals surface area contributed by atoms with Gasteiger partial charge in [0.1, 0.15) is 19.3 Å². The van der Waals surface area contributed by atoms with Crippen LogP contribution in [0.15, 0.2) is 61.2 Å². The molecule has 0 aliphatic heterocycles. The number of amides is 2. The van der Waals surface area contributed by atoms with E-state index in [1.165, 1.54) is 6.08 Å². The number of aliphatic carboxylic acids is 1. The van der Waals surface area contributed by atoms with Crippen molar-refractivity contribution in [3.63, 3.8) is 0 Å². The van der Waals surface area contributed by atoms with Gasteiger partial charge in [-0.05, 0) is 35.1 Å². The molecule has 1 aliphatic carbocycles. The lowest BCUT2D eigenvalue weighted by Gasteiger charge is -2.16. The topological polar surface area (TPSA) is 114 Å². The Labute approximate surface area is 186 Å². The number of carboxylic acids is 1. The lowest BCUT2D eigenvalue weighted by Crippen LogP contribution is -2.41. The highest BCUT2D eigenvalue weighted by Crippen LogP contribution is 2.44. The SMILES string of the molecule is C=CCOC(=O)NC(CCCNC(=O)OCC1c2ccccc2-c2ccccc21)C(=O)O. The Hall–Kier alpha value is -3.81. The van der Waals surface area contributed by atoms with Crippen molar-refractivity contribution in [3.8, 4) is 11.1 Å². The number of hydrogen-bond acceptors (Lipinski definition) is 5. The van der Waals surface area contributed by atoms with Gasteiger partial charge in [-0.25, -0.2) is 14.4 Å². The minimum atomic E-state index is -1.18. The predicted molar refractivity (Wildman–Crippen MR) is 118 cm³/mol. The van der Waals surface area contributed by atoms with Crippen LogP contribution in [0.2, 0.25) is 0 Å². The van der Waals surface area contributed by atoms with Gasteiger partial charge in [-0.15, -0.1) is 0 Å². The maximum atomic E-state index is 12.1. The molecule has 3 N–H and O–H groups in total. The molecule has 0 fully saturated rings. The van der Waals surface area contributed by atoms with Crippen molar-refractivity contribution < 1.29 is 29.0 Å². The second kappa shape index (κ2) is 11.0. The highest BCUT2D eigenvalue weighted by Gasteiger charge is 2.29. The number of carboxylic acid groups (broad SMARTS) is 1. The lowest BCUT2D eigenvalue weighted by atomic mass is 9.98. The van der Waals surface area contributed by atoms with Crippen LogP contribution in [0, 0.1) is 0 Å². The van der Waals surface area contributed by atoms with Crippen LogP contribution in [-0.4, -0.2) is 49.1 Å². The molecular formula is C24H26N2O6. The largest absolute Gasteiger partial charge is 0.480 e. The Balaban J connectivity index is 1.44. The molecule has 3 rings (SSSR count). The maximum absolute atomic E-state index is 12.1. The van der Waals surface area contributed by atoms with Gasteiger partial charge >= 0.3 is 18.2 Å². The van der Waals surface area contributed by atoms with Crippen LogP contribution in [0.25, 0.3) is 11.1 Å². The van der Waals surface area contributed by atoms with Crippen molar-refractivity contribution in [1.29, 1.82) is 0 Å². The summed E-state index contributed by atoms with van der Waals surface area (Å²) in [6.45, 7) is 3.82. The number of hydrogen-bond donors (Lipinski definition) is 3. The Morgan fingerprint density at radius 1 is 1.00 bits per heavy atom. The average Bonchev–Trinajstić information content (AvgIpc) is 3.12. The molecule has 0 spiro atoms. The number of carbonyl (C=O) groups is 3. The summed E-state index contributed by atoms with van der Waals surface area (Å²) in [6.07, 6.45) is 0.442. The van der Waals surface area contributed by atoms with Gasteiger partial charge in [-0.2, -0.15) is 0 Å². The molecule has 1 unspecified atom stereocenters. The fourth-order valence-corrected chi connectivity index (χ4v) is 3.72. The predicted octanol–water partition coefficient (Wildman–Crippen LogP) is 3.67. The fourth-order valence-electron chi connectivity index (χ4n) is 3.72. The van der Waals surface area contributed by atoms with Crippen LogP contribution < -0.4 is 10.6 Å². The Bertz CT molecular complexity index is 944. The number of carbonyl (C=O) groups excluding carboxylic acids is 2. The van der Waals surface area contributed by atoms with E-state index in [-0.39, 0.29) is 32.1 Å². The van der Waals surface area contributed by atoms with Crippen molar-refractivity contribution >= 4 is 18.2 Å². The minimum Gasteiger partial charge on any atom is -0.480 e. The van der Waals surface area contributed by atoms with Crippen LogP contribution >= 0.6 is 0 Å². The molecular weight excluding hydrogens is 412 g/mol. The van der Waals surface area contributed by atoms with Gasteiger partial charge in [0.15, 0.2) is 0 Å². The van der Waals surface area contributed by atoms with Crippen LogP contribution in [0.4, 0.5) is 9.59 Å². The van der Waals surface area contributed by atoms with Crippen molar-refractivity contribution in [2.24, 2.45) is 0 Å². The van der Waals surface area contributed by atoms with E-state index in [1.807, 2.05) is 36.4 Å². The van der Waals surface area contributed by atoms with Crippen LogP contribution in [0.3, 0.4) is 0 Å². The standard InChI is InChI=1S/C24H26N2O6/c1-2-14-31-24(30)26-21(22(27)28)12-7-13-25-23(29)32-15-20-18-10-5-3-8-16(18)17-9-4-6-11-19(17)20/h2-6,8-11,20-21H,1,7,12-15H2,(H,25,29)(H,26,30)(H,27,28). The molecule has 2 aromatic carbocycles. The number of fused-ring (bicyclic) bond motifs is 3. The highest BCUT2D eigenvalue weighted by atomic mass is 16.6. The first-order valence-corrected chi connectivity index (χ1v) is 10.4. The summed E-state index contributed by atoms with van der Waals surface area (Å²) < 4.78 is 10.2. The highest BCUT2D eigenvalue weighted by molar-refractivity contribution is 5.80. The Morgan fingerprint density at radius 3 is 2.22 bits per heavy atom. The molecule has 1 atom stereocenters. The molecule has 0 heterocycles. The van der Waals surface area contributed by atoms with Crippen LogP contribution in [-0.2, 0) is 14.3 Å². The van der Waals surface area contributed by atoms with E-state index in [9.17, 15) is 19.5 Å². The van der Waals surface area contributed by atoms with E-state index >= 15 is 0 Å². The third-order valence-corrected chi connectivity index (χ3v) is 5.21. The molecule has 0 bridgehead atoms. The van der Waals surface area contributed by atoms with Gasteiger partial charge in [0.2, 0.25) is 0 Å². The summed E-state index contributed by atoms with van der Waals surface area (Å²) >= 11 is 0. The zero-order valence-electron chi connectivity index (χ0n) is 17.6. The summed E-state index contributed by atoms with van der Waals surface area (Å²) in [6, 6.07) is 15.0. The zero-order valence-corrected chi connectivity index (χ0v) is 17.6. The first-order chi connectivity index (χ1) is 15.5. The Kier molecular flexibility index (Phi) is 7.85. The Morgan fingerprint density at radius 2 is 1.62 bits per heavy atom. The number of alkyl carbamates (subject to hydrolysis) is 2. The normalized spacial score (nSPS) is 12.8. The quantitative estimate of drug-likeness (QED) is 0.385. The second-order valence-corrected chi connectivity index (χ2v) is 7.32. The van der Waals surface area contributed by atoms with Gasteiger partial charge in [0, 0.05) is 12.5 Å². The van der Waals surface area contributed by atoms with Gasteiger partial charge in [0.25, 0.3) is 0 Å². The second-order valence-electron chi connectivity index (χ2n) is 7.32. The zero-order chi connectivity index (χ0) is 22.9. The number of rotatable bonds is 10. The molecule has 0 saturated carbocycles. The first kappa shape index (κ1) is 22.9. The summed E-state index contributed by atoms with van der Waals surface area (Å²) in [7, 11) is 0. The number of nitrogens with one attached hydrogen (secondary N) is 2. The molecule has 8 heteroatoms. The van der Waals surface area contributed by atoms with Gasteiger partial charge < -0.3 is 25.2 Å². The van der Waals surface area contributed by atoms with Crippen LogP contribution in [0.1, 0.15) is 29.9 Å². The van der Waals surface area contributed by atoms with Crippen LogP contribution in [0.5, 0.6) is 0 Å². The molecule has 8 nitrogen and oxygen atoms in total. The van der Waals surface area contributed by atoms with E-state index in [0.29, 0.717) is 6.42 Å². The summed E-state index contributed by atoms with van der Waals surface area (Å²) in [5.41, 5.74) is 4.55. The molecule has 0 saturated heterocycles. The van der Waals surface area contributed by atoms with Gasteiger partial charge in [-0.1, -0.05) is 61.2 Å². The smallest absolute Gasteiger partial charge is 0.408 e. The minimum absolute atomic E-state index is 0.0124. The van der Waals surface area contributed by atoms with E-state index in [2.05, 4.69) is 29.3 Å². The summed E-state index contributed by atoms with van der Waals surface area (Å²) in [5.74, 6) is -1.21. The molecule has 2 amide bonds. The van der Waals surface area contributed by atoms with Gasteiger partial charge in [-0.3, -0.25) is 0 Å². The lowest BCUT2D eigenvalue weighted by molar-refractivity contribution is -0.139. The molecule has 168 valence electrons. The molecule has 1 aliphatic rings.